The average Bonchev–Trinajstić information content (AvgIpc) is 3.72. The van der Waals surface area contributed by atoms with Crippen molar-refractivity contribution in [3.8, 4) is 39.5 Å². The molecule has 8 nitrogen and oxygen atoms in total. The first-order chi connectivity index (χ1) is 20.4. The Morgan fingerprint density at radius 2 is 1.95 bits per heavy atom. The van der Waals surface area contributed by atoms with E-state index in [1.54, 1.807) is 7.11 Å². The minimum atomic E-state index is -0.733. The fourth-order valence-corrected chi connectivity index (χ4v) is 6.63. The Kier molecular flexibility index (Phi) is 6.72. The summed E-state index contributed by atoms with van der Waals surface area (Å²) >= 11 is 1.48. The van der Waals surface area contributed by atoms with Crippen molar-refractivity contribution in [2.75, 3.05) is 26.9 Å². The topological polar surface area (TPSA) is 79.0 Å². The molecule has 1 N–H and O–H groups in total. The molecule has 0 bridgehead atoms. The molecule has 0 fully saturated rings. The van der Waals surface area contributed by atoms with Gasteiger partial charge in [-0.25, -0.2) is 13.8 Å². The van der Waals surface area contributed by atoms with Gasteiger partial charge < -0.3 is 14.8 Å². The molecule has 0 amide bonds. The van der Waals surface area contributed by atoms with Crippen LogP contribution in [0.1, 0.15) is 18.7 Å². The Hall–Kier alpha value is -4.19. The number of benzene rings is 2. The summed E-state index contributed by atoms with van der Waals surface area (Å²) < 4.78 is 46.1. The van der Waals surface area contributed by atoms with Crippen molar-refractivity contribution in [2.24, 2.45) is 7.05 Å². The molecule has 4 aromatic heterocycles. The van der Waals surface area contributed by atoms with Crippen molar-refractivity contribution in [1.29, 1.82) is 0 Å². The van der Waals surface area contributed by atoms with Gasteiger partial charge in [-0.2, -0.15) is 10.2 Å². The Morgan fingerprint density at radius 3 is 2.79 bits per heavy atom. The molecule has 0 spiro atoms. The zero-order valence-corrected chi connectivity index (χ0v) is 24.1. The third-order valence-electron chi connectivity index (χ3n) is 7.71. The lowest BCUT2D eigenvalue weighted by Gasteiger charge is -2.21. The lowest BCUT2D eigenvalue weighted by atomic mass is 9.96. The van der Waals surface area contributed by atoms with Gasteiger partial charge in [-0.3, -0.25) is 9.36 Å². The Bertz CT molecular complexity index is 1960. The van der Waals surface area contributed by atoms with Gasteiger partial charge in [0.25, 0.3) is 0 Å². The van der Waals surface area contributed by atoms with Gasteiger partial charge in [-0.15, -0.1) is 11.3 Å². The predicted octanol–water partition coefficient (Wildman–Crippen LogP) is 6.35. The van der Waals surface area contributed by atoms with Crippen molar-refractivity contribution in [1.82, 2.24) is 29.9 Å². The second kappa shape index (κ2) is 10.6. The van der Waals surface area contributed by atoms with Gasteiger partial charge in [0, 0.05) is 65.5 Å². The zero-order chi connectivity index (χ0) is 29.0. The normalized spacial score (nSPS) is 15.0. The lowest BCUT2D eigenvalue weighted by molar-refractivity contribution is 0.146. The summed E-state index contributed by atoms with van der Waals surface area (Å²) in [4.78, 5) is 5.22. The Morgan fingerprint density at radius 1 is 1.07 bits per heavy atom. The fraction of sp³-hybridized carbons (Fsp3) is 0.258. The molecule has 0 saturated carbocycles. The molecule has 42 heavy (non-hydrogen) atoms. The van der Waals surface area contributed by atoms with E-state index in [1.165, 1.54) is 17.4 Å². The molecule has 0 radical (unpaired) electrons. The highest BCUT2D eigenvalue weighted by atomic mass is 32.1. The van der Waals surface area contributed by atoms with Crippen LogP contribution in [0, 0.1) is 11.6 Å². The number of rotatable bonds is 7. The van der Waals surface area contributed by atoms with Crippen LogP contribution in [0.4, 0.5) is 8.78 Å². The number of nitrogens with zero attached hydrogens (tertiary/aromatic N) is 5. The van der Waals surface area contributed by atoms with Crippen LogP contribution in [0.3, 0.4) is 0 Å². The van der Waals surface area contributed by atoms with Gasteiger partial charge in [0.05, 0.1) is 41.8 Å². The number of halogens is 2. The molecule has 0 unspecified atom stereocenters. The van der Waals surface area contributed by atoms with Crippen LogP contribution in [0.5, 0.6) is 5.75 Å². The molecule has 6 aromatic rings. The van der Waals surface area contributed by atoms with Crippen LogP contribution in [-0.2, 0) is 18.3 Å². The lowest BCUT2D eigenvalue weighted by Crippen LogP contribution is -2.31. The molecule has 214 valence electrons. The fourth-order valence-electron chi connectivity index (χ4n) is 5.68. The largest absolute Gasteiger partial charge is 0.490 e. The van der Waals surface area contributed by atoms with Crippen LogP contribution in [0.2, 0.25) is 0 Å². The summed E-state index contributed by atoms with van der Waals surface area (Å²) in [6, 6.07) is 12.3. The number of aryl methyl sites for hydroxylation is 1. The van der Waals surface area contributed by atoms with Gasteiger partial charge in [-0.1, -0.05) is 6.07 Å². The number of nitrogens with one attached hydrogen (secondary N) is 1. The second-order valence-electron chi connectivity index (χ2n) is 10.3. The number of methoxy groups -OCH3 is 1. The second-order valence-corrected chi connectivity index (χ2v) is 11.3. The van der Waals surface area contributed by atoms with Crippen LogP contribution in [0.15, 0.2) is 54.0 Å². The van der Waals surface area contributed by atoms with E-state index < -0.39 is 11.6 Å². The van der Waals surface area contributed by atoms with Crippen molar-refractivity contribution >= 4 is 32.3 Å². The molecular weight excluding hydrogens is 558 g/mol. The predicted molar refractivity (Wildman–Crippen MR) is 160 cm³/mol. The van der Waals surface area contributed by atoms with Crippen molar-refractivity contribution in [3.05, 3.63) is 71.4 Å². The highest BCUT2D eigenvalue weighted by Crippen LogP contribution is 2.47. The summed E-state index contributed by atoms with van der Waals surface area (Å²) in [5.74, 6) is -1.37. The molecule has 1 aliphatic heterocycles. The zero-order valence-electron chi connectivity index (χ0n) is 23.3. The van der Waals surface area contributed by atoms with E-state index in [-0.39, 0.29) is 30.6 Å². The van der Waals surface area contributed by atoms with Gasteiger partial charge in [0.1, 0.15) is 35.4 Å². The number of hydrogen-bond donors (Lipinski definition) is 1. The standard InChI is InChI=1S/C31H28F2N6O2S/c1-17-25-15-23(37-39(25)8-7-34-17)30-28(27-22(33)13-20(32)14-26(27)41-10-9-40-3)31-21(6-11-42-31)29(36-30)18-4-5-24-19(12-18)16-35-38(24)2/h4-6,11-17,34H,7-10H2,1-3H3/t17-/m1/s1. The number of thiophene rings is 1. The Labute approximate surface area is 244 Å². The molecule has 0 saturated heterocycles. The number of aromatic nitrogens is 5. The van der Waals surface area contributed by atoms with E-state index in [1.807, 2.05) is 52.3 Å². The third kappa shape index (κ3) is 4.44. The SMILES string of the molecule is COCCOc1cc(F)cc(F)c1-c1c(-c2cc3n(n2)CCN[C@@H]3C)nc(-c2ccc3c(cnn3C)c2)c2ccsc12. The number of ether oxygens (including phenoxy) is 2. The van der Waals surface area contributed by atoms with Gasteiger partial charge >= 0.3 is 0 Å². The van der Waals surface area contributed by atoms with E-state index >= 15 is 4.39 Å². The first-order valence-corrected chi connectivity index (χ1v) is 14.6. The first kappa shape index (κ1) is 26.7. The van der Waals surface area contributed by atoms with Crippen molar-refractivity contribution in [3.63, 3.8) is 0 Å². The monoisotopic (exact) mass is 586 g/mol. The highest BCUT2D eigenvalue weighted by molar-refractivity contribution is 7.18. The van der Waals surface area contributed by atoms with E-state index in [0.717, 1.165) is 50.6 Å². The van der Waals surface area contributed by atoms with Crippen LogP contribution in [0.25, 0.3) is 54.8 Å². The maximum atomic E-state index is 15.9. The summed E-state index contributed by atoms with van der Waals surface area (Å²) in [7, 11) is 3.45. The minimum absolute atomic E-state index is 0.0887. The summed E-state index contributed by atoms with van der Waals surface area (Å²) in [6.45, 7) is 3.99. The van der Waals surface area contributed by atoms with Gasteiger partial charge in [0.15, 0.2) is 0 Å². The molecule has 0 aliphatic carbocycles. The number of pyridine rings is 1. The van der Waals surface area contributed by atoms with Crippen molar-refractivity contribution < 1.29 is 18.3 Å². The van der Waals surface area contributed by atoms with E-state index in [9.17, 15) is 4.39 Å². The molecule has 7 rings (SSSR count). The van der Waals surface area contributed by atoms with Crippen LogP contribution in [-0.4, -0.2) is 51.4 Å². The quantitative estimate of drug-likeness (QED) is 0.220. The smallest absolute Gasteiger partial charge is 0.137 e. The summed E-state index contributed by atoms with van der Waals surface area (Å²) in [5, 5.41) is 16.6. The molecule has 2 aromatic carbocycles. The molecule has 5 heterocycles. The van der Waals surface area contributed by atoms with Crippen LogP contribution < -0.4 is 10.1 Å². The van der Waals surface area contributed by atoms with E-state index in [4.69, 9.17) is 19.6 Å². The summed E-state index contributed by atoms with van der Waals surface area (Å²) in [5.41, 5.74) is 5.46. The average molecular weight is 587 g/mol. The molecular formula is C31H28F2N6O2S. The number of hydrogen-bond acceptors (Lipinski definition) is 7. The maximum Gasteiger partial charge on any atom is 0.137 e. The third-order valence-corrected chi connectivity index (χ3v) is 8.64. The minimum Gasteiger partial charge on any atom is -0.490 e. The molecule has 11 heteroatoms. The maximum absolute atomic E-state index is 15.9. The first-order valence-electron chi connectivity index (χ1n) is 13.7. The van der Waals surface area contributed by atoms with Crippen LogP contribution >= 0.6 is 11.3 Å². The van der Waals surface area contributed by atoms with Gasteiger partial charge in [-0.05, 0) is 36.6 Å². The van der Waals surface area contributed by atoms with E-state index in [2.05, 4.69) is 23.4 Å². The van der Waals surface area contributed by atoms with Gasteiger partial charge in [0.2, 0.25) is 0 Å². The van der Waals surface area contributed by atoms with Crippen molar-refractivity contribution in [2.45, 2.75) is 19.5 Å². The van der Waals surface area contributed by atoms with E-state index in [0.29, 0.717) is 23.5 Å². The molecule has 1 atom stereocenters. The Balaban J connectivity index is 1.53. The summed E-state index contributed by atoms with van der Waals surface area (Å²) in [6.07, 6.45) is 1.83. The highest BCUT2D eigenvalue weighted by Gasteiger charge is 2.28. The molecule has 1 aliphatic rings. The number of fused-ring (bicyclic) bond motifs is 3.